The Labute approximate surface area is 107 Å². The van der Waals surface area contributed by atoms with Crippen LogP contribution in [0.1, 0.15) is 5.56 Å². The smallest absolute Gasteiger partial charge is 0.119 e. The third-order valence-electron chi connectivity index (χ3n) is 3.78. The number of hydrogen-bond acceptors (Lipinski definition) is 3. The zero-order valence-corrected chi connectivity index (χ0v) is 10.7. The van der Waals surface area contributed by atoms with Gasteiger partial charge < -0.3 is 14.8 Å². The summed E-state index contributed by atoms with van der Waals surface area (Å²) in [5, 5.41) is 5.80. The predicted octanol–water partition coefficient (Wildman–Crippen LogP) is 2.29. The number of nitrogens with one attached hydrogen (secondary N) is 1. The summed E-state index contributed by atoms with van der Waals surface area (Å²) in [6.07, 6.45) is 0. The molecule has 3 rings (SSSR count). The zero-order chi connectivity index (χ0) is 12.6. The lowest BCUT2D eigenvalue weighted by Gasteiger charge is -2.41. The van der Waals surface area contributed by atoms with E-state index in [1.54, 1.807) is 7.11 Å². The lowest BCUT2D eigenvalue weighted by Crippen LogP contribution is -2.56. The number of hydrogen-bond donors (Lipinski definition) is 1. The minimum atomic E-state index is -0.00584. The number of benzene rings is 2. The van der Waals surface area contributed by atoms with E-state index in [4.69, 9.17) is 9.47 Å². The molecule has 0 aromatic heterocycles. The second-order valence-electron chi connectivity index (χ2n) is 4.75. The molecule has 3 heteroatoms. The van der Waals surface area contributed by atoms with E-state index in [2.05, 4.69) is 35.6 Å². The topological polar surface area (TPSA) is 30.5 Å². The highest BCUT2D eigenvalue weighted by Crippen LogP contribution is 2.32. The molecule has 1 fully saturated rings. The average molecular weight is 243 g/mol. The van der Waals surface area contributed by atoms with Crippen LogP contribution in [0.15, 0.2) is 36.4 Å². The first kappa shape index (κ1) is 11.5. The van der Waals surface area contributed by atoms with Crippen molar-refractivity contribution < 1.29 is 9.47 Å². The van der Waals surface area contributed by atoms with Gasteiger partial charge in [-0.1, -0.05) is 18.2 Å². The fraction of sp³-hybridized carbons (Fsp3) is 0.333. The number of ether oxygens (including phenoxy) is 2. The third kappa shape index (κ3) is 1.67. The van der Waals surface area contributed by atoms with E-state index < -0.39 is 0 Å². The van der Waals surface area contributed by atoms with Crippen LogP contribution in [0.4, 0.5) is 0 Å². The number of fused-ring (bicyclic) bond motifs is 1. The number of likely N-dealkylation sites (N-methyl/N-ethyl adjacent to an activating group) is 1. The van der Waals surface area contributed by atoms with Gasteiger partial charge in [0, 0.05) is 0 Å². The highest BCUT2D eigenvalue weighted by molar-refractivity contribution is 5.84. The van der Waals surface area contributed by atoms with Crippen molar-refractivity contribution in [3.8, 4) is 5.75 Å². The highest BCUT2D eigenvalue weighted by Gasteiger charge is 2.38. The molecule has 2 aromatic carbocycles. The Morgan fingerprint density at radius 2 is 1.83 bits per heavy atom. The summed E-state index contributed by atoms with van der Waals surface area (Å²) in [6, 6.07) is 12.7. The fourth-order valence-electron chi connectivity index (χ4n) is 2.41. The van der Waals surface area contributed by atoms with E-state index in [9.17, 15) is 0 Å². The predicted molar refractivity (Wildman–Crippen MR) is 72.1 cm³/mol. The fourth-order valence-corrected chi connectivity index (χ4v) is 2.41. The molecular weight excluding hydrogens is 226 g/mol. The minimum absolute atomic E-state index is 0.00584. The average Bonchev–Trinajstić information content (AvgIpc) is 2.37. The van der Waals surface area contributed by atoms with Crippen molar-refractivity contribution in [3.63, 3.8) is 0 Å². The molecule has 18 heavy (non-hydrogen) atoms. The standard InChI is InChI=1S/C15H17NO2/c1-16-15(9-18-10-15)13-5-3-12-8-14(17-2)6-4-11(12)7-13/h3-8,16H,9-10H2,1-2H3. The van der Waals surface area contributed by atoms with Gasteiger partial charge in [0.1, 0.15) is 5.75 Å². The summed E-state index contributed by atoms with van der Waals surface area (Å²) in [7, 11) is 3.68. The molecule has 1 saturated heterocycles. The second-order valence-corrected chi connectivity index (χ2v) is 4.75. The highest BCUT2D eigenvalue weighted by atomic mass is 16.5. The van der Waals surface area contributed by atoms with Gasteiger partial charge in [0.05, 0.1) is 25.9 Å². The lowest BCUT2D eigenvalue weighted by molar-refractivity contribution is -0.0747. The largest absolute Gasteiger partial charge is 0.497 e. The van der Waals surface area contributed by atoms with E-state index in [-0.39, 0.29) is 5.54 Å². The van der Waals surface area contributed by atoms with Crippen molar-refractivity contribution in [2.75, 3.05) is 27.4 Å². The van der Waals surface area contributed by atoms with E-state index >= 15 is 0 Å². The Balaban J connectivity index is 2.06. The summed E-state index contributed by atoms with van der Waals surface area (Å²) in [5.74, 6) is 0.894. The number of rotatable bonds is 3. The molecule has 1 N–H and O–H groups in total. The SMILES string of the molecule is CNC1(c2ccc3cc(OC)ccc3c2)COC1. The van der Waals surface area contributed by atoms with Gasteiger partial charge in [0.15, 0.2) is 0 Å². The first-order valence-corrected chi connectivity index (χ1v) is 6.12. The molecule has 94 valence electrons. The van der Waals surface area contributed by atoms with Gasteiger partial charge in [0.2, 0.25) is 0 Å². The van der Waals surface area contributed by atoms with Crippen LogP contribution < -0.4 is 10.1 Å². The van der Waals surface area contributed by atoms with Crippen LogP contribution in [-0.2, 0) is 10.3 Å². The van der Waals surface area contributed by atoms with Gasteiger partial charge in [-0.05, 0) is 41.6 Å². The van der Waals surface area contributed by atoms with Crippen LogP contribution >= 0.6 is 0 Å². The molecule has 0 spiro atoms. The maximum Gasteiger partial charge on any atom is 0.119 e. The minimum Gasteiger partial charge on any atom is -0.497 e. The molecule has 0 aliphatic carbocycles. The molecule has 3 nitrogen and oxygen atoms in total. The van der Waals surface area contributed by atoms with Crippen LogP contribution in [0.2, 0.25) is 0 Å². The lowest BCUT2D eigenvalue weighted by atomic mass is 9.87. The molecule has 0 radical (unpaired) electrons. The normalized spacial score (nSPS) is 17.4. The quantitative estimate of drug-likeness (QED) is 0.897. The number of methoxy groups -OCH3 is 1. The summed E-state index contributed by atoms with van der Waals surface area (Å²) in [5.41, 5.74) is 1.28. The van der Waals surface area contributed by atoms with Crippen molar-refractivity contribution in [2.45, 2.75) is 5.54 Å². The Kier molecular flexibility index (Phi) is 2.73. The van der Waals surface area contributed by atoms with E-state index in [1.807, 2.05) is 13.1 Å². The van der Waals surface area contributed by atoms with Crippen molar-refractivity contribution in [2.24, 2.45) is 0 Å². The summed E-state index contributed by atoms with van der Waals surface area (Å²) >= 11 is 0. The van der Waals surface area contributed by atoms with Gasteiger partial charge in [-0.2, -0.15) is 0 Å². The maximum absolute atomic E-state index is 5.35. The Bertz CT molecular complexity index is 570. The second kappa shape index (κ2) is 4.26. The van der Waals surface area contributed by atoms with Crippen LogP contribution in [-0.4, -0.2) is 27.4 Å². The molecule has 1 heterocycles. The van der Waals surface area contributed by atoms with Gasteiger partial charge >= 0.3 is 0 Å². The maximum atomic E-state index is 5.35. The molecule has 2 aromatic rings. The van der Waals surface area contributed by atoms with Gasteiger partial charge in [-0.3, -0.25) is 0 Å². The van der Waals surface area contributed by atoms with Gasteiger partial charge in [0.25, 0.3) is 0 Å². The van der Waals surface area contributed by atoms with E-state index in [0.717, 1.165) is 19.0 Å². The molecule has 0 unspecified atom stereocenters. The molecule has 0 bridgehead atoms. The third-order valence-corrected chi connectivity index (χ3v) is 3.78. The molecule has 0 atom stereocenters. The molecule has 0 saturated carbocycles. The molecule has 1 aliphatic rings. The molecular formula is C15H17NO2. The van der Waals surface area contributed by atoms with Crippen molar-refractivity contribution in [1.82, 2.24) is 5.32 Å². The molecule has 0 amide bonds. The van der Waals surface area contributed by atoms with Crippen LogP contribution in [0.5, 0.6) is 5.75 Å². The van der Waals surface area contributed by atoms with E-state index in [1.165, 1.54) is 16.3 Å². The van der Waals surface area contributed by atoms with Crippen molar-refractivity contribution in [1.29, 1.82) is 0 Å². The summed E-state index contributed by atoms with van der Waals surface area (Å²) < 4.78 is 10.6. The van der Waals surface area contributed by atoms with Crippen molar-refractivity contribution >= 4 is 10.8 Å². The first-order valence-electron chi connectivity index (χ1n) is 6.12. The Morgan fingerprint density at radius 3 is 2.44 bits per heavy atom. The monoisotopic (exact) mass is 243 g/mol. The first-order chi connectivity index (χ1) is 8.77. The van der Waals surface area contributed by atoms with Crippen LogP contribution in [0, 0.1) is 0 Å². The van der Waals surface area contributed by atoms with E-state index in [0.29, 0.717) is 0 Å². The van der Waals surface area contributed by atoms with Gasteiger partial charge in [-0.25, -0.2) is 0 Å². The van der Waals surface area contributed by atoms with Crippen molar-refractivity contribution in [3.05, 3.63) is 42.0 Å². The zero-order valence-electron chi connectivity index (χ0n) is 10.7. The van der Waals surface area contributed by atoms with Gasteiger partial charge in [-0.15, -0.1) is 0 Å². The summed E-state index contributed by atoms with van der Waals surface area (Å²) in [4.78, 5) is 0. The molecule has 1 aliphatic heterocycles. The Hall–Kier alpha value is -1.58. The van der Waals surface area contributed by atoms with Crippen LogP contribution in [0.3, 0.4) is 0 Å². The van der Waals surface area contributed by atoms with Crippen LogP contribution in [0.25, 0.3) is 10.8 Å². The Morgan fingerprint density at radius 1 is 1.11 bits per heavy atom. The summed E-state index contributed by atoms with van der Waals surface area (Å²) in [6.45, 7) is 1.48.